The zero-order valence-electron chi connectivity index (χ0n) is 15.3. The van der Waals surface area contributed by atoms with Gasteiger partial charge in [0, 0.05) is 31.1 Å². The highest BCUT2D eigenvalue weighted by molar-refractivity contribution is 5.87. The fraction of sp³-hybridized carbons (Fsp3) is 0.450. The number of hydrogen-bond donors (Lipinski definition) is 2. The van der Waals surface area contributed by atoms with Gasteiger partial charge in [0.2, 0.25) is 5.91 Å². The second-order valence-electron chi connectivity index (χ2n) is 7.02. The smallest absolute Gasteiger partial charge is 0.335 e. The van der Waals surface area contributed by atoms with Crippen LogP contribution in [-0.4, -0.2) is 45.2 Å². The van der Waals surface area contributed by atoms with Gasteiger partial charge in [-0.1, -0.05) is 12.1 Å². The van der Waals surface area contributed by atoms with Crippen molar-refractivity contribution in [1.29, 1.82) is 0 Å². The molecule has 2 N–H and O–H groups in total. The van der Waals surface area contributed by atoms with Crippen molar-refractivity contribution in [3.8, 4) is 0 Å². The van der Waals surface area contributed by atoms with Crippen LogP contribution in [0, 0.1) is 13.8 Å². The highest BCUT2D eigenvalue weighted by Gasteiger charge is 2.25. The number of H-pyrrole nitrogens is 1. The number of piperidine rings is 1. The summed E-state index contributed by atoms with van der Waals surface area (Å²) in [6.07, 6.45) is 3.20. The molecule has 0 radical (unpaired) electrons. The molecule has 1 aromatic carbocycles. The van der Waals surface area contributed by atoms with E-state index >= 15 is 0 Å². The summed E-state index contributed by atoms with van der Waals surface area (Å²) in [4.78, 5) is 25.6. The molecule has 26 heavy (non-hydrogen) atoms. The Morgan fingerprint density at radius 2 is 2.00 bits per heavy atom. The van der Waals surface area contributed by atoms with E-state index in [4.69, 9.17) is 5.11 Å². The lowest BCUT2D eigenvalue weighted by molar-refractivity contribution is -0.132. The molecule has 1 aromatic heterocycles. The Hall–Kier alpha value is -2.63. The molecule has 1 fully saturated rings. The van der Waals surface area contributed by atoms with Crippen LogP contribution in [0.25, 0.3) is 0 Å². The van der Waals surface area contributed by atoms with Crippen molar-refractivity contribution in [2.75, 3.05) is 13.1 Å². The van der Waals surface area contributed by atoms with Crippen molar-refractivity contribution in [3.05, 3.63) is 52.3 Å². The molecule has 0 bridgehead atoms. The Balaban J connectivity index is 1.60. The number of carboxylic acids is 1. The maximum absolute atomic E-state index is 12.7. The first kappa shape index (κ1) is 18.2. The van der Waals surface area contributed by atoms with Crippen molar-refractivity contribution in [1.82, 2.24) is 15.1 Å². The number of aromatic amines is 1. The maximum atomic E-state index is 12.7. The average Bonchev–Trinajstić information content (AvgIpc) is 2.97. The number of benzene rings is 1. The Labute approximate surface area is 153 Å². The summed E-state index contributed by atoms with van der Waals surface area (Å²) in [5.74, 6) is -0.466. The summed E-state index contributed by atoms with van der Waals surface area (Å²) in [5, 5.41) is 16.2. The fourth-order valence-electron chi connectivity index (χ4n) is 3.71. The Bertz CT molecular complexity index is 776. The van der Waals surface area contributed by atoms with Crippen LogP contribution >= 0.6 is 0 Å². The number of nitrogens with zero attached hydrogens (tertiary/aromatic N) is 2. The van der Waals surface area contributed by atoms with E-state index in [2.05, 4.69) is 10.2 Å². The van der Waals surface area contributed by atoms with E-state index in [1.165, 1.54) is 0 Å². The second-order valence-corrected chi connectivity index (χ2v) is 7.02. The van der Waals surface area contributed by atoms with Gasteiger partial charge >= 0.3 is 5.97 Å². The second kappa shape index (κ2) is 7.72. The van der Waals surface area contributed by atoms with Crippen molar-refractivity contribution in [2.45, 2.75) is 45.4 Å². The number of amides is 1. The van der Waals surface area contributed by atoms with Crippen molar-refractivity contribution >= 4 is 11.9 Å². The van der Waals surface area contributed by atoms with Crippen LogP contribution in [0.2, 0.25) is 0 Å². The van der Waals surface area contributed by atoms with Gasteiger partial charge in [0.15, 0.2) is 0 Å². The minimum Gasteiger partial charge on any atom is -0.478 e. The van der Waals surface area contributed by atoms with Crippen LogP contribution in [-0.2, 0) is 11.2 Å². The first-order chi connectivity index (χ1) is 12.5. The van der Waals surface area contributed by atoms with Gasteiger partial charge in [0.25, 0.3) is 0 Å². The predicted molar refractivity (Wildman–Crippen MR) is 98.3 cm³/mol. The highest BCUT2D eigenvalue weighted by atomic mass is 16.4. The number of carbonyl (C=O) groups excluding carboxylic acids is 1. The molecular weight excluding hydrogens is 330 g/mol. The summed E-state index contributed by atoms with van der Waals surface area (Å²) in [7, 11) is 0. The number of aromatic carboxylic acids is 1. The van der Waals surface area contributed by atoms with Gasteiger partial charge in [0.1, 0.15) is 0 Å². The molecule has 1 saturated heterocycles. The summed E-state index contributed by atoms with van der Waals surface area (Å²) in [6, 6.07) is 7.03. The fourth-order valence-corrected chi connectivity index (χ4v) is 3.71. The highest BCUT2D eigenvalue weighted by Crippen LogP contribution is 2.27. The van der Waals surface area contributed by atoms with Crippen LogP contribution in [0.5, 0.6) is 0 Å². The molecule has 1 aliphatic heterocycles. The van der Waals surface area contributed by atoms with Crippen LogP contribution in [0.3, 0.4) is 0 Å². The number of hydrogen-bond acceptors (Lipinski definition) is 3. The van der Waals surface area contributed by atoms with Crippen LogP contribution < -0.4 is 0 Å². The lowest BCUT2D eigenvalue weighted by atomic mass is 9.90. The molecular formula is C20H25N3O3. The van der Waals surface area contributed by atoms with E-state index in [1.807, 2.05) is 30.9 Å². The quantitative estimate of drug-likeness (QED) is 0.863. The van der Waals surface area contributed by atoms with Gasteiger partial charge < -0.3 is 10.0 Å². The number of carbonyl (C=O) groups is 2. The topological polar surface area (TPSA) is 86.3 Å². The molecule has 0 unspecified atom stereocenters. The number of aryl methyl sites for hydroxylation is 2. The molecule has 1 amide bonds. The first-order valence-corrected chi connectivity index (χ1v) is 9.07. The standard InChI is InChI=1S/C20H25N3O3/c1-13-18(14(2)22-21-13)9-10-19(24)23-11-3-4-17(12-23)15-5-7-16(8-6-15)20(25)26/h5-8,17H,3-4,9-12H2,1-2H3,(H,21,22)(H,25,26)/t17-/m1/s1. The van der Waals surface area contributed by atoms with Gasteiger partial charge in [-0.25, -0.2) is 4.79 Å². The third-order valence-corrected chi connectivity index (χ3v) is 5.27. The van der Waals surface area contributed by atoms with Crippen molar-refractivity contribution in [3.63, 3.8) is 0 Å². The summed E-state index contributed by atoms with van der Waals surface area (Å²) < 4.78 is 0. The molecule has 1 atom stereocenters. The van der Waals surface area contributed by atoms with Gasteiger partial charge in [-0.05, 0) is 56.4 Å². The minimum atomic E-state index is -0.915. The number of nitrogens with one attached hydrogen (secondary N) is 1. The number of likely N-dealkylation sites (tertiary alicyclic amines) is 1. The summed E-state index contributed by atoms with van der Waals surface area (Å²) in [6.45, 7) is 5.44. The number of carboxylic acid groups (broad SMARTS) is 1. The van der Waals surface area contributed by atoms with Gasteiger partial charge in [0.05, 0.1) is 11.3 Å². The maximum Gasteiger partial charge on any atom is 0.335 e. The predicted octanol–water partition coefficient (Wildman–Crippen LogP) is 3.06. The molecule has 6 heteroatoms. The molecule has 138 valence electrons. The van der Waals surface area contributed by atoms with Crippen molar-refractivity contribution in [2.24, 2.45) is 0 Å². The van der Waals surface area contributed by atoms with E-state index in [9.17, 15) is 9.59 Å². The van der Waals surface area contributed by atoms with Gasteiger partial charge in [-0.15, -0.1) is 0 Å². The zero-order chi connectivity index (χ0) is 18.7. The molecule has 2 heterocycles. The van der Waals surface area contributed by atoms with E-state index in [0.717, 1.165) is 41.9 Å². The lowest BCUT2D eigenvalue weighted by Crippen LogP contribution is -2.39. The molecule has 0 spiro atoms. The minimum absolute atomic E-state index is 0.178. The molecule has 2 aromatic rings. The largest absolute Gasteiger partial charge is 0.478 e. The molecule has 6 nitrogen and oxygen atoms in total. The SMILES string of the molecule is Cc1n[nH]c(C)c1CCC(=O)N1CCC[C@@H](c2ccc(C(=O)O)cc2)C1. The van der Waals surface area contributed by atoms with Crippen LogP contribution in [0.15, 0.2) is 24.3 Å². The number of aromatic nitrogens is 2. The average molecular weight is 355 g/mol. The lowest BCUT2D eigenvalue weighted by Gasteiger charge is -2.33. The molecule has 0 saturated carbocycles. The Morgan fingerprint density at radius 3 is 2.62 bits per heavy atom. The van der Waals surface area contributed by atoms with Gasteiger partial charge in [-0.3, -0.25) is 9.89 Å². The van der Waals surface area contributed by atoms with E-state index in [1.54, 1.807) is 12.1 Å². The first-order valence-electron chi connectivity index (χ1n) is 9.07. The monoisotopic (exact) mass is 355 g/mol. The van der Waals surface area contributed by atoms with Crippen LogP contribution in [0.4, 0.5) is 0 Å². The van der Waals surface area contributed by atoms with Crippen LogP contribution in [0.1, 0.15) is 58.1 Å². The Morgan fingerprint density at radius 1 is 1.27 bits per heavy atom. The third-order valence-electron chi connectivity index (χ3n) is 5.27. The summed E-state index contributed by atoms with van der Waals surface area (Å²) in [5.41, 5.74) is 4.53. The third kappa shape index (κ3) is 3.95. The number of rotatable bonds is 5. The van der Waals surface area contributed by atoms with Crippen molar-refractivity contribution < 1.29 is 14.7 Å². The molecule has 0 aliphatic carbocycles. The zero-order valence-corrected chi connectivity index (χ0v) is 15.3. The molecule has 3 rings (SSSR count). The summed E-state index contributed by atoms with van der Waals surface area (Å²) >= 11 is 0. The Kier molecular flexibility index (Phi) is 5.40. The normalized spacial score (nSPS) is 17.3. The molecule has 1 aliphatic rings. The van der Waals surface area contributed by atoms with E-state index < -0.39 is 5.97 Å². The van der Waals surface area contributed by atoms with E-state index in [0.29, 0.717) is 24.9 Å². The van der Waals surface area contributed by atoms with E-state index in [-0.39, 0.29) is 11.8 Å². The van der Waals surface area contributed by atoms with Gasteiger partial charge in [-0.2, -0.15) is 5.10 Å².